The molecule has 3 rings (SSSR count). The van der Waals surface area contributed by atoms with Crippen molar-refractivity contribution in [1.29, 1.82) is 0 Å². The summed E-state index contributed by atoms with van der Waals surface area (Å²) in [5.41, 5.74) is -0.326. The summed E-state index contributed by atoms with van der Waals surface area (Å²) in [6.07, 6.45) is 4.14. The third-order valence-corrected chi connectivity index (χ3v) is 7.14. The third-order valence-electron chi connectivity index (χ3n) is 5.39. The van der Waals surface area contributed by atoms with E-state index in [9.17, 15) is 22.8 Å². The van der Waals surface area contributed by atoms with Gasteiger partial charge in [0.15, 0.2) is 9.84 Å². The Bertz CT molecular complexity index is 873. The molecule has 1 aliphatic heterocycles. The summed E-state index contributed by atoms with van der Waals surface area (Å²) in [5, 5.41) is 5.48. The molecule has 1 aromatic carbocycles. The molecule has 1 saturated heterocycles. The van der Waals surface area contributed by atoms with Gasteiger partial charge in [-0.25, -0.2) is 13.2 Å². The average Bonchev–Trinajstić information content (AvgIpc) is 2.90. The molecule has 2 N–H and O–H groups in total. The Balaban J connectivity index is 1.56. The van der Waals surface area contributed by atoms with E-state index in [0.29, 0.717) is 18.5 Å². The van der Waals surface area contributed by atoms with E-state index in [1.54, 1.807) is 6.92 Å². The van der Waals surface area contributed by atoms with Gasteiger partial charge < -0.3 is 10.6 Å². The second kappa shape index (κ2) is 7.90. The SMILES string of the molecule is CCS(=O)(=O)c1ccc(NC(=O)CCN2C(=O)NC3(CCCCC3)C2=O)cc1. The lowest BCUT2D eigenvalue weighted by Crippen LogP contribution is -2.48. The predicted octanol–water partition coefficient (Wildman–Crippen LogP) is 2.06. The summed E-state index contributed by atoms with van der Waals surface area (Å²) < 4.78 is 23.6. The number of hydrogen-bond donors (Lipinski definition) is 2. The standard InChI is InChI=1S/C19H25N3O5S/c1-2-28(26,27)15-8-6-14(7-9-15)20-16(23)10-13-22-17(24)19(21-18(22)25)11-4-3-5-12-19/h6-9H,2-5,10-13H2,1H3,(H,20,23)(H,21,25). The summed E-state index contributed by atoms with van der Waals surface area (Å²) in [6, 6.07) is 5.49. The van der Waals surface area contributed by atoms with Crippen LogP contribution in [-0.4, -0.2) is 49.0 Å². The number of imide groups is 1. The second-order valence-corrected chi connectivity index (χ2v) is 9.53. The molecule has 1 aliphatic carbocycles. The fourth-order valence-corrected chi connectivity index (χ4v) is 4.61. The van der Waals surface area contributed by atoms with Gasteiger partial charge in [-0.2, -0.15) is 0 Å². The van der Waals surface area contributed by atoms with Crippen LogP contribution in [0.4, 0.5) is 10.5 Å². The van der Waals surface area contributed by atoms with E-state index in [4.69, 9.17) is 0 Å². The predicted molar refractivity (Wildman–Crippen MR) is 103 cm³/mol. The van der Waals surface area contributed by atoms with E-state index in [2.05, 4.69) is 10.6 Å². The van der Waals surface area contributed by atoms with E-state index in [-0.39, 0.29) is 35.4 Å². The molecule has 0 unspecified atom stereocenters. The van der Waals surface area contributed by atoms with Crippen LogP contribution in [0.15, 0.2) is 29.2 Å². The molecule has 1 spiro atoms. The Morgan fingerprint density at radius 3 is 2.39 bits per heavy atom. The largest absolute Gasteiger partial charge is 0.326 e. The first-order chi connectivity index (χ1) is 13.3. The summed E-state index contributed by atoms with van der Waals surface area (Å²) in [7, 11) is -3.29. The van der Waals surface area contributed by atoms with E-state index in [1.165, 1.54) is 24.3 Å². The van der Waals surface area contributed by atoms with E-state index >= 15 is 0 Å². The van der Waals surface area contributed by atoms with Crippen LogP contribution in [0.1, 0.15) is 45.4 Å². The lowest BCUT2D eigenvalue weighted by molar-refractivity contribution is -0.132. The molecule has 2 fully saturated rings. The van der Waals surface area contributed by atoms with Crippen molar-refractivity contribution in [2.75, 3.05) is 17.6 Å². The number of anilines is 1. The van der Waals surface area contributed by atoms with Gasteiger partial charge in [0.2, 0.25) is 5.91 Å². The molecule has 152 valence electrons. The Hall–Kier alpha value is -2.42. The van der Waals surface area contributed by atoms with Gasteiger partial charge in [-0.1, -0.05) is 26.2 Å². The number of carbonyl (C=O) groups is 3. The highest BCUT2D eigenvalue weighted by molar-refractivity contribution is 7.91. The van der Waals surface area contributed by atoms with Gasteiger partial charge in [-0.05, 0) is 37.1 Å². The smallest absolute Gasteiger partial charge is 0.325 e. The molecule has 1 heterocycles. The zero-order chi connectivity index (χ0) is 20.4. The average molecular weight is 407 g/mol. The fraction of sp³-hybridized carbons (Fsp3) is 0.526. The molecule has 0 aromatic heterocycles. The van der Waals surface area contributed by atoms with Gasteiger partial charge in [0.05, 0.1) is 10.6 Å². The van der Waals surface area contributed by atoms with Crippen molar-refractivity contribution in [3.8, 4) is 0 Å². The quantitative estimate of drug-likeness (QED) is 0.701. The van der Waals surface area contributed by atoms with Crippen LogP contribution < -0.4 is 10.6 Å². The zero-order valence-electron chi connectivity index (χ0n) is 15.9. The monoisotopic (exact) mass is 407 g/mol. The van der Waals surface area contributed by atoms with Gasteiger partial charge in [0.25, 0.3) is 5.91 Å². The van der Waals surface area contributed by atoms with Crippen molar-refractivity contribution >= 4 is 33.4 Å². The van der Waals surface area contributed by atoms with Gasteiger partial charge in [-0.15, -0.1) is 0 Å². The highest BCUT2D eigenvalue weighted by atomic mass is 32.2. The van der Waals surface area contributed by atoms with Crippen LogP contribution in [0, 0.1) is 0 Å². The first-order valence-electron chi connectivity index (χ1n) is 9.54. The molecule has 0 atom stereocenters. The van der Waals surface area contributed by atoms with Crippen LogP contribution in [0.5, 0.6) is 0 Å². The Labute approximate surface area is 164 Å². The molecule has 1 saturated carbocycles. The number of nitrogens with one attached hydrogen (secondary N) is 2. The molecule has 28 heavy (non-hydrogen) atoms. The highest BCUT2D eigenvalue weighted by Gasteiger charge is 2.51. The Morgan fingerprint density at radius 1 is 1.14 bits per heavy atom. The number of rotatable bonds is 6. The molecule has 2 aliphatic rings. The number of hydrogen-bond acceptors (Lipinski definition) is 5. The molecule has 1 aromatic rings. The lowest BCUT2D eigenvalue weighted by Gasteiger charge is -2.30. The van der Waals surface area contributed by atoms with E-state index < -0.39 is 21.4 Å². The highest BCUT2D eigenvalue weighted by Crippen LogP contribution is 2.33. The number of urea groups is 1. The summed E-state index contributed by atoms with van der Waals surface area (Å²) in [4.78, 5) is 38.4. The topological polar surface area (TPSA) is 113 Å². The van der Waals surface area contributed by atoms with E-state index in [0.717, 1.165) is 24.2 Å². The van der Waals surface area contributed by atoms with Crippen molar-refractivity contribution in [2.24, 2.45) is 0 Å². The minimum absolute atomic E-state index is 0.00608. The summed E-state index contributed by atoms with van der Waals surface area (Å²) in [6.45, 7) is 1.58. The van der Waals surface area contributed by atoms with Gasteiger partial charge in [-0.3, -0.25) is 14.5 Å². The third kappa shape index (κ3) is 4.04. The van der Waals surface area contributed by atoms with Gasteiger partial charge in [0, 0.05) is 18.7 Å². The fourth-order valence-electron chi connectivity index (χ4n) is 3.72. The molecule has 4 amide bonds. The number of sulfone groups is 1. The summed E-state index contributed by atoms with van der Waals surface area (Å²) in [5.74, 6) is -0.582. The van der Waals surface area contributed by atoms with Gasteiger partial charge in [0.1, 0.15) is 5.54 Å². The maximum atomic E-state index is 12.7. The molecular formula is C19H25N3O5S. The lowest BCUT2D eigenvalue weighted by atomic mass is 9.82. The first-order valence-corrected chi connectivity index (χ1v) is 11.2. The van der Waals surface area contributed by atoms with Crippen molar-refractivity contribution in [3.05, 3.63) is 24.3 Å². The van der Waals surface area contributed by atoms with Crippen LogP contribution in [-0.2, 0) is 19.4 Å². The van der Waals surface area contributed by atoms with Crippen molar-refractivity contribution < 1.29 is 22.8 Å². The number of amides is 4. The summed E-state index contributed by atoms with van der Waals surface area (Å²) >= 11 is 0. The first kappa shape index (κ1) is 20.3. The number of carbonyl (C=O) groups excluding carboxylic acids is 3. The zero-order valence-corrected chi connectivity index (χ0v) is 16.7. The maximum Gasteiger partial charge on any atom is 0.325 e. The minimum Gasteiger partial charge on any atom is -0.326 e. The Morgan fingerprint density at radius 2 is 1.79 bits per heavy atom. The molecule has 0 radical (unpaired) electrons. The van der Waals surface area contributed by atoms with Crippen LogP contribution >= 0.6 is 0 Å². The van der Waals surface area contributed by atoms with Crippen molar-refractivity contribution in [3.63, 3.8) is 0 Å². The van der Waals surface area contributed by atoms with Crippen LogP contribution in [0.25, 0.3) is 0 Å². The normalized spacial score (nSPS) is 19.0. The molecule has 9 heteroatoms. The Kier molecular flexibility index (Phi) is 5.74. The number of benzene rings is 1. The molecule has 8 nitrogen and oxygen atoms in total. The minimum atomic E-state index is -3.29. The maximum absolute atomic E-state index is 12.7. The van der Waals surface area contributed by atoms with Crippen LogP contribution in [0.2, 0.25) is 0 Å². The second-order valence-electron chi connectivity index (χ2n) is 7.26. The van der Waals surface area contributed by atoms with Gasteiger partial charge >= 0.3 is 6.03 Å². The molecular weight excluding hydrogens is 382 g/mol. The van der Waals surface area contributed by atoms with Crippen molar-refractivity contribution in [1.82, 2.24) is 10.2 Å². The molecule has 0 bridgehead atoms. The van der Waals surface area contributed by atoms with Crippen molar-refractivity contribution in [2.45, 2.75) is 55.9 Å². The van der Waals surface area contributed by atoms with Crippen LogP contribution in [0.3, 0.4) is 0 Å². The van der Waals surface area contributed by atoms with E-state index in [1.807, 2.05) is 0 Å². The number of nitrogens with zero attached hydrogens (tertiary/aromatic N) is 1.